The maximum Gasteiger partial charge on any atom is 0.408 e. The second kappa shape index (κ2) is 11.8. The van der Waals surface area contributed by atoms with Crippen molar-refractivity contribution in [3.8, 4) is 5.75 Å². The number of anilines is 1. The molecule has 1 unspecified atom stereocenters. The van der Waals surface area contributed by atoms with E-state index >= 15 is 0 Å². The first-order valence-electron chi connectivity index (χ1n) is 8.77. The molecule has 6 N–H and O–H groups in total. The molecule has 0 radical (unpaired) electrons. The Kier molecular flexibility index (Phi) is 9.80. The van der Waals surface area contributed by atoms with Crippen molar-refractivity contribution >= 4 is 42.2 Å². The predicted octanol–water partition coefficient (Wildman–Crippen LogP) is 0.297. The van der Waals surface area contributed by atoms with E-state index in [4.69, 9.17) is 18.0 Å². The molecule has 0 aliphatic rings. The van der Waals surface area contributed by atoms with Gasteiger partial charge in [-0.1, -0.05) is 30.3 Å². The van der Waals surface area contributed by atoms with Gasteiger partial charge in [-0.05, 0) is 12.5 Å². The first kappa shape index (κ1) is 25.8. The van der Waals surface area contributed by atoms with Gasteiger partial charge in [0.1, 0.15) is 12.6 Å². The van der Waals surface area contributed by atoms with Gasteiger partial charge in [-0.2, -0.15) is 0 Å². The van der Waals surface area contributed by atoms with E-state index in [1.807, 2.05) is 30.3 Å². The molecule has 0 bridgehead atoms. The Hall–Kier alpha value is -3.27. The van der Waals surface area contributed by atoms with Crippen molar-refractivity contribution in [1.82, 2.24) is 5.32 Å². The maximum absolute atomic E-state index is 11.1. The van der Waals surface area contributed by atoms with Gasteiger partial charge in [0.2, 0.25) is 0 Å². The first-order valence-corrected chi connectivity index (χ1v) is 12.2. The fourth-order valence-corrected chi connectivity index (χ4v) is 3.48. The van der Waals surface area contributed by atoms with Crippen LogP contribution >= 0.6 is 0 Å². The summed E-state index contributed by atoms with van der Waals surface area (Å²) < 4.78 is 33.2. The summed E-state index contributed by atoms with van der Waals surface area (Å²) in [4.78, 5) is 32.3. The van der Waals surface area contributed by atoms with Crippen LogP contribution in [-0.2, 0) is 24.7 Å². The van der Waals surface area contributed by atoms with E-state index in [0.717, 1.165) is 11.6 Å². The molecule has 0 saturated heterocycles. The standard InChI is InChI=1S/C11H13NO4.C8H10AsNO5/c1-8(10(13)14)12-11(15)16-7-9-5-3-2-4-6-9;1-5(11)10-7-4-2-3-6(8(7)12)9(13,14)15/h2-6,8H,7H2,1H3,(H,12,15)(H,13,14);2-4,12H,1H3,(H,10,11)(H2,13,14,15). The number of carboxylic acid groups (broad SMARTS) is 1. The molecule has 0 aliphatic carbocycles. The number of amides is 2. The fraction of sp³-hybridized carbons (Fsp3) is 0.211. The number of nitrogens with one attached hydrogen (secondary N) is 2. The maximum atomic E-state index is 11.1. The molecule has 168 valence electrons. The molecule has 0 saturated carbocycles. The van der Waals surface area contributed by atoms with Crippen molar-refractivity contribution in [2.45, 2.75) is 26.5 Å². The number of alkyl carbamates (subject to hydrolysis) is 1. The number of hydrogen-bond donors (Lipinski definition) is 6. The normalized spacial score (nSPS) is 11.4. The third kappa shape index (κ3) is 9.39. The molecule has 0 spiro atoms. The number of rotatable bonds is 6. The van der Waals surface area contributed by atoms with Crippen molar-refractivity contribution in [2.24, 2.45) is 0 Å². The molecular formula is C19H23AsN2O9. The zero-order valence-electron chi connectivity index (χ0n) is 16.7. The number of phenols is 1. The average molecular weight is 498 g/mol. The Morgan fingerprint density at radius 1 is 1.06 bits per heavy atom. The minimum absolute atomic E-state index is 0.00951. The Balaban J connectivity index is 0.000000311. The largest absolute Gasteiger partial charge is 0.480 e. The predicted molar refractivity (Wildman–Crippen MR) is 110 cm³/mol. The molecule has 2 rings (SSSR count). The van der Waals surface area contributed by atoms with E-state index in [9.17, 15) is 23.2 Å². The third-order valence-corrected chi connectivity index (χ3v) is 5.63. The van der Waals surface area contributed by atoms with Crippen LogP contribution in [0.4, 0.5) is 10.5 Å². The number of aliphatic carboxylic acids is 1. The Labute approximate surface area is 180 Å². The number of para-hydroxylation sites is 1. The van der Waals surface area contributed by atoms with Crippen LogP contribution in [-0.4, -0.2) is 56.6 Å². The van der Waals surface area contributed by atoms with Crippen LogP contribution in [0.15, 0.2) is 48.5 Å². The van der Waals surface area contributed by atoms with Crippen molar-refractivity contribution in [2.75, 3.05) is 5.32 Å². The zero-order valence-corrected chi connectivity index (χ0v) is 18.6. The molecule has 2 amide bonds. The van der Waals surface area contributed by atoms with E-state index in [2.05, 4.69) is 10.6 Å². The van der Waals surface area contributed by atoms with Crippen molar-refractivity contribution < 1.29 is 41.3 Å². The number of carboxylic acids is 1. The molecular weight excluding hydrogens is 475 g/mol. The number of carbonyl (C=O) groups excluding carboxylic acids is 2. The molecule has 12 heteroatoms. The number of carbonyl (C=O) groups is 3. The summed E-state index contributed by atoms with van der Waals surface area (Å²) in [6, 6.07) is 12.0. The monoisotopic (exact) mass is 498 g/mol. The van der Waals surface area contributed by atoms with Gasteiger partial charge in [0.15, 0.2) is 0 Å². The van der Waals surface area contributed by atoms with Gasteiger partial charge >= 0.3 is 100 Å². The summed E-state index contributed by atoms with van der Waals surface area (Å²) in [6.45, 7) is 2.72. The van der Waals surface area contributed by atoms with Crippen LogP contribution < -0.4 is 15.0 Å². The second-order valence-corrected chi connectivity index (χ2v) is 9.46. The van der Waals surface area contributed by atoms with Gasteiger partial charge < -0.3 is 15.2 Å². The Morgan fingerprint density at radius 2 is 1.68 bits per heavy atom. The summed E-state index contributed by atoms with van der Waals surface area (Å²) in [5.41, 5.74) is 0.838. The van der Waals surface area contributed by atoms with Gasteiger partial charge in [0, 0.05) is 0 Å². The van der Waals surface area contributed by atoms with E-state index in [1.165, 1.54) is 26.0 Å². The fourth-order valence-electron chi connectivity index (χ4n) is 2.06. The van der Waals surface area contributed by atoms with Crippen molar-refractivity contribution in [1.29, 1.82) is 0 Å². The van der Waals surface area contributed by atoms with Gasteiger partial charge in [0.05, 0.1) is 0 Å². The minimum Gasteiger partial charge on any atom is -0.480 e. The molecule has 2 aromatic carbocycles. The topological polar surface area (TPSA) is 182 Å². The van der Waals surface area contributed by atoms with E-state index in [-0.39, 0.29) is 12.3 Å². The SMILES string of the molecule is CC(=O)Nc1cccc([As](=O)(O)O)c1O.CC(NC(=O)OCc1ccccc1)C(=O)O. The Bertz CT molecular complexity index is 960. The summed E-state index contributed by atoms with van der Waals surface area (Å²) in [5, 5.41) is 22.5. The number of benzene rings is 2. The smallest absolute Gasteiger partial charge is 0.408 e. The molecule has 31 heavy (non-hydrogen) atoms. The van der Waals surface area contributed by atoms with Crippen molar-refractivity contribution in [3.05, 3.63) is 54.1 Å². The third-order valence-electron chi connectivity index (χ3n) is 3.56. The van der Waals surface area contributed by atoms with Crippen molar-refractivity contribution in [3.63, 3.8) is 0 Å². The molecule has 0 aliphatic heterocycles. The minimum atomic E-state index is -5.15. The van der Waals surface area contributed by atoms with Gasteiger partial charge in [-0.3, -0.25) is 4.79 Å². The summed E-state index contributed by atoms with van der Waals surface area (Å²) in [7, 11) is 0. The number of aromatic hydroxyl groups is 1. The average Bonchev–Trinajstić information content (AvgIpc) is 2.68. The van der Waals surface area contributed by atoms with Crippen LogP contribution in [0.25, 0.3) is 0 Å². The van der Waals surface area contributed by atoms with Crippen LogP contribution in [0, 0.1) is 0 Å². The quantitative estimate of drug-likeness (QED) is 0.241. The second-order valence-electron chi connectivity index (χ2n) is 6.16. The van der Waals surface area contributed by atoms with Crippen LogP contribution in [0.3, 0.4) is 0 Å². The molecule has 2 aromatic rings. The molecule has 0 heterocycles. The first-order chi connectivity index (χ1) is 14.4. The van der Waals surface area contributed by atoms with E-state index in [1.54, 1.807) is 0 Å². The number of hydrogen-bond acceptors (Lipinski definition) is 6. The zero-order chi connectivity index (χ0) is 23.6. The van der Waals surface area contributed by atoms with E-state index in [0.29, 0.717) is 0 Å². The molecule has 11 nitrogen and oxygen atoms in total. The molecule has 0 aromatic heterocycles. The van der Waals surface area contributed by atoms with Crippen LogP contribution in [0.1, 0.15) is 19.4 Å². The summed E-state index contributed by atoms with van der Waals surface area (Å²) in [6.07, 6.45) is -0.737. The number of ether oxygens (including phenoxy) is 1. The number of phenolic OH excluding ortho intramolecular Hbond substituents is 1. The molecule has 0 fully saturated rings. The van der Waals surface area contributed by atoms with Crippen LogP contribution in [0.5, 0.6) is 5.75 Å². The van der Waals surface area contributed by atoms with Gasteiger partial charge in [0.25, 0.3) is 0 Å². The summed E-state index contributed by atoms with van der Waals surface area (Å²) >= 11 is -5.15. The van der Waals surface area contributed by atoms with Gasteiger partial charge in [-0.15, -0.1) is 0 Å². The Morgan fingerprint density at radius 3 is 2.19 bits per heavy atom. The van der Waals surface area contributed by atoms with Crippen LogP contribution in [0.2, 0.25) is 0 Å². The summed E-state index contributed by atoms with van der Waals surface area (Å²) in [5.74, 6) is -2.11. The van der Waals surface area contributed by atoms with Gasteiger partial charge in [-0.25, -0.2) is 4.79 Å². The van der Waals surface area contributed by atoms with E-state index < -0.39 is 48.3 Å². The molecule has 1 atom stereocenters.